The second-order valence-corrected chi connectivity index (χ2v) is 6.83. The quantitative estimate of drug-likeness (QED) is 0.717. The Balaban J connectivity index is 1.64. The van der Waals surface area contributed by atoms with Crippen LogP contribution in [0.4, 0.5) is 5.69 Å². The van der Waals surface area contributed by atoms with E-state index < -0.39 is 0 Å². The highest BCUT2D eigenvalue weighted by Gasteiger charge is 2.14. The Morgan fingerprint density at radius 3 is 2.67 bits per heavy atom. The molecule has 1 aliphatic heterocycles. The molecule has 5 nitrogen and oxygen atoms in total. The largest absolute Gasteiger partial charge is 0.490 e. The first-order valence-electron chi connectivity index (χ1n) is 9.59. The van der Waals surface area contributed by atoms with E-state index in [1.807, 2.05) is 24.3 Å². The van der Waals surface area contributed by atoms with Gasteiger partial charge in [-0.3, -0.25) is 9.69 Å². The number of nitrogens with one attached hydrogen (secondary N) is 1. The molecule has 0 saturated carbocycles. The van der Waals surface area contributed by atoms with Crippen LogP contribution in [-0.2, 0) is 11.3 Å². The van der Waals surface area contributed by atoms with Crippen LogP contribution in [0.25, 0.3) is 0 Å². The van der Waals surface area contributed by atoms with Crippen molar-refractivity contribution in [2.24, 2.45) is 0 Å². The van der Waals surface area contributed by atoms with Crippen LogP contribution in [0.1, 0.15) is 35.2 Å². The fraction of sp³-hybridized carbons (Fsp3) is 0.409. The zero-order valence-corrected chi connectivity index (χ0v) is 15.9. The molecule has 1 aliphatic rings. The van der Waals surface area contributed by atoms with Crippen LogP contribution in [0, 0.1) is 0 Å². The topological polar surface area (TPSA) is 50.8 Å². The molecule has 2 aromatic rings. The lowest BCUT2D eigenvalue weighted by atomic mass is 10.1. The molecule has 0 unspecified atom stereocenters. The predicted octanol–water partition coefficient (Wildman–Crippen LogP) is 3.95. The van der Waals surface area contributed by atoms with E-state index in [0.29, 0.717) is 24.5 Å². The van der Waals surface area contributed by atoms with E-state index in [1.165, 1.54) is 24.8 Å². The molecule has 0 spiro atoms. The van der Waals surface area contributed by atoms with Crippen LogP contribution < -0.4 is 10.1 Å². The van der Waals surface area contributed by atoms with Gasteiger partial charge in [0.1, 0.15) is 12.4 Å². The molecule has 1 saturated heterocycles. The van der Waals surface area contributed by atoms with Gasteiger partial charge in [0.25, 0.3) is 5.91 Å². The molecule has 144 valence electrons. The third-order valence-corrected chi connectivity index (χ3v) is 4.72. The van der Waals surface area contributed by atoms with Crippen molar-refractivity contribution in [2.75, 3.05) is 38.7 Å². The average molecular weight is 368 g/mol. The van der Waals surface area contributed by atoms with Gasteiger partial charge in [-0.1, -0.05) is 30.7 Å². The number of carbonyl (C=O) groups excluding carboxylic acids is 1. The van der Waals surface area contributed by atoms with Crippen LogP contribution in [0.5, 0.6) is 5.75 Å². The van der Waals surface area contributed by atoms with Crippen LogP contribution in [0.3, 0.4) is 0 Å². The molecule has 1 fully saturated rings. The third kappa shape index (κ3) is 5.81. The van der Waals surface area contributed by atoms with Gasteiger partial charge in [-0.25, -0.2) is 0 Å². The highest BCUT2D eigenvalue weighted by atomic mass is 16.5. The molecule has 3 rings (SSSR count). The number of likely N-dealkylation sites (tertiary alicyclic amines) is 1. The Morgan fingerprint density at radius 1 is 1.04 bits per heavy atom. The maximum Gasteiger partial charge on any atom is 0.259 e. The minimum Gasteiger partial charge on any atom is -0.490 e. The summed E-state index contributed by atoms with van der Waals surface area (Å²) in [4.78, 5) is 15.2. The monoisotopic (exact) mass is 368 g/mol. The highest BCUT2D eigenvalue weighted by Crippen LogP contribution is 2.21. The van der Waals surface area contributed by atoms with Crippen molar-refractivity contribution in [3.63, 3.8) is 0 Å². The van der Waals surface area contributed by atoms with Gasteiger partial charge in [0.2, 0.25) is 0 Å². The molecule has 0 bridgehead atoms. The maximum atomic E-state index is 12.7. The number of ether oxygens (including phenoxy) is 2. The Labute approximate surface area is 161 Å². The van der Waals surface area contributed by atoms with Gasteiger partial charge in [0.05, 0.1) is 12.2 Å². The standard InChI is InChI=1S/C22H28N2O3/c1-26-14-15-27-21-11-4-3-10-20(21)22(25)23-19-9-7-8-18(16-19)17-24-12-5-2-6-13-24/h3-4,7-11,16H,2,5-6,12-15,17H2,1H3,(H,23,25). The summed E-state index contributed by atoms with van der Waals surface area (Å²) in [5.74, 6) is 0.398. The highest BCUT2D eigenvalue weighted by molar-refractivity contribution is 6.06. The Kier molecular flexibility index (Phi) is 7.25. The number of benzene rings is 2. The Bertz CT molecular complexity index is 742. The summed E-state index contributed by atoms with van der Waals surface area (Å²) in [6.45, 7) is 4.13. The van der Waals surface area contributed by atoms with Crippen LogP contribution in [0.15, 0.2) is 48.5 Å². The van der Waals surface area contributed by atoms with E-state index in [2.05, 4.69) is 22.3 Å². The van der Waals surface area contributed by atoms with Crippen molar-refractivity contribution in [1.82, 2.24) is 4.90 Å². The van der Waals surface area contributed by atoms with Crippen LogP contribution >= 0.6 is 0 Å². The third-order valence-electron chi connectivity index (χ3n) is 4.72. The van der Waals surface area contributed by atoms with E-state index in [-0.39, 0.29) is 5.91 Å². The predicted molar refractivity (Wildman–Crippen MR) is 107 cm³/mol. The van der Waals surface area contributed by atoms with E-state index in [9.17, 15) is 4.79 Å². The molecule has 27 heavy (non-hydrogen) atoms. The summed E-state index contributed by atoms with van der Waals surface area (Å²) < 4.78 is 10.7. The molecule has 0 aromatic heterocycles. The molecule has 0 radical (unpaired) electrons. The summed E-state index contributed by atoms with van der Waals surface area (Å²) in [5, 5.41) is 3.00. The maximum absolute atomic E-state index is 12.7. The number of piperidine rings is 1. The summed E-state index contributed by atoms with van der Waals surface area (Å²) >= 11 is 0. The average Bonchev–Trinajstić information content (AvgIpc) is 2.69. The molecule has 1 heterocycles. The molecule has 1 N–H and O–H groups in total. The molecule has 2 aromatic carbocycles. The van der Waals surface area contributed by atoms with Crippen molar-refractivity contribution < 1.29 is 14.3 Å². The van der Waals surface area contributed by atoms with Gasteiger partial charge in [0.15, 0.2) is 0 Å². The van der Waals surface area contributed by atoms with Crippen molar-refractivity contribution in [3.05, 3.63) is 59.7 Å². The summed E-state index contributed by atoms with van der Waals surface area (Å²) in [6.07, 6.45) is 3.88. The zero-order valence-electron chi connectivity index (χ0n) is 15.9. The van der Waals surface area contributed by atoms with Gasteiger partial charge < -0.3 is 14.8 Å². The van der Waals surface area contributed by atoms with Crippen molar-refractivity contribution in [3.8, 4) is 5.75 Å². The fourth-order valence-corrected chi connectivity index (χ4v) is 3.34. The summed E-state index contributed by atoms with van der Waals surface area (Å²) in [5.41, 5.74) is 2.55. The lowest BCUT2D eigenvalue weighted by Gasteiger charge is -2.26. The Morgan fingerprint density at radius 2 is 1.85 bits per heavy atom. The number of nitrogens with zero attached hydrogens (tertiary/aromatic N) is 1. The number of para-hydroxylation sites is 1. The van der Waals surface area contributed by atoms with E-state index in [4.69, 9.17) is 9.47 Å². The van der Waals surface area contributed by atoms with Crippen molar-refractivity contribution >= 4 is 11.6 Å². The lowest BCUT2D eigenvalue weighted by Crippen LogP contribution is -2.29. The van der Waals surface area contributed by atoms with Crippen molar-refractivity contribution in [2.45, 2.75) is 25.8 Å². The minimum atomic E-state index is -0.168. The molecule has 5 heteroatoms. The SMILES string of the molecule is COCCOc1ccccc1C(=O)Nc1cccc(CN2CCCCC2)c1. The summed E-state index contributed by atoms with van der Waals surface area (Å²) in [7, 11) is 1.62. The number of amides is 1. The molecular weight excluding hydrogens is 340 g/mol. The van der Waals surface area contributed by atoms with E-state index >= 15 is 0 Å². The summed E-state index contributed by atoms with van der Waals surface area (Å²) in [6, 6.07) is 15.4. The first-order chi connectivity index (χ1) is 13.3. The van der Waals surface area contributed by atoms with Gasteiger partial charge in [-0.05, 0) is 55.8 Å². The van der Waals surface area contributed by atoms with Crippen LogP contribution in [-0.4, -0.2) is 44.2 Å². The lowest BCUT2D eigenvalue weighted by molar-refractivity contribution is 0.101. The van der Waals surface area contributed by atoms with Gasteiger partial charge >= 0.3 is 0 Å². The number of carbonyl (C=O) groups is 1. The van der Waals surface area contributed by atoms with Gasteiger partial charge in [-0.15, -0.1) is 0 Å². The molecule has 0 aliphatic carbocycles. The second-order valence-electron chi connectivity index (χ2n) is 6.83. The second kappa shape index (κ2) is 10.1. The first-order valence-corrected chi connectivity index (χ1v) is 9.59. The first kappa shape index (κ1) is 19.4. The fourth-order valence-electron chi connectivity index (χ4n) is 3.34. The normalized spacial score (nSPS) is 14.7. The number of hydrogen-bond acceptors (Lipinski definition) is 4. The number of methoxy groups -OCH3 is 1. The van der Waals surface area contributed by atoms with E-state index in [0.717, 1.165) is 25.3 Å². The zero-order chi connectivity index (χ0) is 18.9. The smallest absolute Gasteiger partial charge is 0.259 e. The van der Waals surface area contributed by atoms with E-state index in [1.54, 1.807) is 19.2 Å². The van der Waals surface area contributed by atoms with Crippen molar-refractivity contribution in [1.29, 1.82) is 0 Å². The van der Waals surface area contributed by atoms with Crippen LogP contribution in [0.2, 0.25) is 0 Å². The van der Waals surface area contributed by atoms with Gasteiger partial charge in [-0.2, -0.15) is 0 Å². The van der Waals surface area contributed by atoms with Gasteiger partial charge in [0, 0.05) is 19.3 Å². The molecule has 0 atom stereocenters. The molecule has 1 amide bonds. The Hall–Kier alpha value is -2.37. The number of anilines is 1. The number of hydrogen-bond donors (Lipinski definition) is 1. The minimum absolute atomic E-state index is 0.168. The molecular formula is C22H28N2O3. The number of rotatable bonds is 8.